The van der Waals surface area contributed by atoms with Crippen LogP contribution in [0, 0.1) is 0 Å². The molecule has 0 heterocycles. The van der Waals surface area contributed by atoms with E-state index >= 15 is 0 Å². The second-order valence-electron chi connectivity index (χ2n) is 7.82. The van der Waals surface area contributed by atoms with Gasteiger partial charge in [-0.3, -0.25) is 33.6 Å². The number of hydrogen-bond acceptors (Lipinski definition) is 10. The topological polar surface area (TPSA) is 278 Å². The van der Waals surface area contributed by atoms with E-state index in [2.05, 4.69) is 26.6 Å². The molecule has 0 aromatic rings. The van der Waals surface area contributed by atoms with Gasteiger partial charge in [0.2, 0.25) is 29.4 Å². The summed E-state index contributed by atoms with van der Waals surface area (Å²) in [6, 6.07) is -3.00. The summed E-state index contributed by atoms with van der Waals surface area (Å²) in [4.78, 5) is 83.3. The number of carbonyl (C=O) groups is 7. The van der Waals surface area contributed by atoms with Crippen molar-refractivity contribution in [2.45, 2.75) is 63.4 Å². The molecule has 16 heteroatoms. The third-order valence-corrected chi connectivity index (χ3v) is 4.71. The minimum Gasteiger partial charge on any atom is -0.391 e. The first-order valence-electron chi connectivity index (χ1n) is 11.2. The summed E-state index contributed by atoms with van der Waals surface area (Å²) in [5.74, 6) is -6.53. The molecule has 4 unspecified atom stereocenters. The number of amides is 6. The van der Waals surface area contributed by atoms with Crippen molar-refractivity contribution >= 4 is 41.2 Å². The number of aliphatic hydroxyl groups excluding tert-OH is 1. The average molecular weight is 517 g/mol. The number of aliphatic hydroxyl groups is 1. The highest BCUT2D eigenvalue weighted by molar-refractivity contribution is 6.37. The SMILES string of the molecule is CNC(=O)C(=O)CNC(=O)C(CC(N)=O)NC(=O)C(N)NC(=O)C(NC(=O)CCCCCN)C(C)O. The molecule has 0 aliphatic rings. The van der Waals surface area contributed by atoms with E-state index in [-0.39, 0.29) is 6.42 Å². The highest BCUT2D eigenvalue weighted by atomic mass is 16.3. The molecule has 6 amide bonds. The molecule has 12 N–H and O–H groups in total. The fourth-order valence-electron chi connectivity index (χ4n) is 2.75. The predicted molar refractivity (Wildman–Crippen MR) is 125 cm³/mol. The van der Waals surface area contributed by atoms with Gasteiger partial charge in [0, 0.05) is 13.5 Å². The molecule has 0 saturated carbocycles. The van der Waals surface area contributed by atoms with E-state index in [1.54, 1.807) is 0 Å². The molecule has 0 aromatic heterocycles. The summed E-state index contributed by atoms with van der Waals surface area (Å²) in [5.41, 5.74) is 16.1. The summed E-state index contributed by atoms with van der Waals surface area (Å²) < 4.78 is 0. The van der Waals surface area contributed by atoms with Crippen molar-refractivity contribution in [2.24, 2.45) is 17.2 Å². The summed E-state index contributed by atoms with van der Waals surface area (Å²) >= 11 is 0. The maximum absolute atomic E-state index is 12.5. The van der Waals surface area contributed by atoms with Crippen LogP contribution in [0.4, 0.5) is 0 Å². The summed E-state index contributed by atoms with van der Waals surface area (Å²) in [5, 5.41) is 20.6. The standard InChI is InChI=1S/C20H36N8O8/c1-10(29)15(27-14(32)6-4-3-5-7-21)19(35)28-16(23)20(36)26-11(8-13(22)31)17(33)25-9-12(30)18(34)24-2/h10-11,15-16,29H,3-9,21,23H2,1-2H3,(H2,22,31)(H,24,34)(H,25,33)(H,26,36)(H,27,32)(H,28,35). The Labute approximate surface area is 207 Å². The molecular formula is C20H36N8O8. The molecule has 0 aliphatic carbocycles. The van der Waals surface area contributed by atoms with Crippen molar-refractivity contribution in [1.82, 2.24) is 26.6 Å². The van der Waals surface area contributed by atoms with Crippen molar-refractivity contribution in [3.8, 4) is 0 Å². The average Bonchev–Trinajstić information content (AvgIpc) is 2.81. The first-order valence-corrected chi connectivity index (χ1v) is 11.2. The van der Waals surface area contributed by atoms with Gasteiger partial charge in [0.1, 0.15) is 12.1 Å². The highest BCUT2D eigenvalue weighted by Crippen LogP contribution is 2.01. The van der Waals surface area contributed by atoms with Crippen molar-refractivity contribution < 1.29 is 38.7 Å². The Morgan fingerprint density at radius 1 is 0.889 bits per heavy atom. The van der Waals surface area contributed by atoms with Crippen LogP contribution in [-0.2, 0) is 33.6 Å². The van der Waals surface area contributed by atoms with Crippen molar-refractivity contribution in [3.63, 3.8) is 0 Å². The zero-order chi connectivity index (χ0) is 27.8. The molecule has 4 atom stereocenters. The lowest BCUT2D eigenvalue weighted by molar-refractivity contribution is -0.138. The van der Waals surface area contributed by atoms with Crippen LogP contribution in [0.1, 0.15) is 39.0 Å². The lowest BCUT2D eigenvalue weighted by Crippen LogP contribution is -2.61. The largest absolute Gasteiger partial charge is 0.391 e. The molecule has 36 heavy (non-hydrogen) atoms. The number of Topliss-reactive ketones (excluding diaryl/α,β-unsaturated/α-hetero) is 1. The molecule has 0 radical (unpaired) electrons. The summed E-state index contributed by atoms with van der Waals surface area (Å²) in [6.07, 6.45) is -1.71. The van der Waals surface area contributed by atoms with Gasteiger partial charge in [-0.25, -0.2) is 0 Å². The highest BCUT2D eigenvalue weighted by Gasteiger charge is 2.30. The molecule has 0 rings (SSSR count). The number of rotatable bonds is 17. The van der Waals surface area contributed by atoms with E-state index in [9.17, 15) is 38.7 Å². The Balaban J connectivity index is 5.06. The van der Waals surface area contributed by atoms with Gasteiger partial charge in [0.25, 0.3) is 11.8 Å². The third-order valence-electron chi connectivity index (χ3n) is 4.71. The van der Waals surface area contributed by atoms with Gasteiger partial charge in [-0.2, -0.15) is 0 Å². The molecule has 0 saturated heterocycles. The minimum atomic E-state index is -1.75. The fourth-order valence-corrected chi connectivity index (χ4v) is 2.75. The van der Waals surface area contributed by atoms with E-state index in [0.717, 1.165) is 6.42 Å². The van der Waals surface area contributed by atoms with Crippen molar-refractivity contribution in [3.05, 3.63) is 0 Å². The lowest BCUT2D eigenvalue weighted by atomic mass is 10.1. The monoisotopic (exact) mass is 516 g/mol. The third kappa shape index (κ3) is 12.7. The zero-order valence-electron chi connectivity index (χ0n) is 20.3. The van der Waals surface area contributed by atoms with E-state index in [4.69, 9.17) is 17.2 Å². The Bertz CT molecular complexity index is 820. The normalized spacial score (nSPS) is 13.8. The second kappa shape index (κ2) is 16.9. The minimum absolute atomic E-state index is 0.0926. The number of carbonyl (C=O) groups excluding carboxylic acids is 7. The van der Waals surface area contributed by atoms with Gasteiger partial charge in [0.05, 0.1) is 19.1 Å². The number of likely N-dealkylation sites (N-methyl/N-ethyl adjacent to an activating group) is 1. The van der Waals surface area contributed by atoms with Crippen LogP contribution in [0.15, 0.2) is 0 Å². The number of primary amides is 1. The first-order chi connectivity index (χ1) is 16.8. The number of ketones is 1. The molecule has 0 aromatic carbocycles. The van der Waals surface area contributed by atoms with Gasteiger partial charge in [-0.05, 0) is 26.3 Å². The Hall–Kier alpha value is -3.63. The number of unbranched alkanes of at least 4 members (excludes halogenated alkanes) is 2. The van der Waals surface area contributed by atoms with Crippen LogP contribution in [0.25, 0.3) is 0 Å². The number of nitrogens with two attached hydrogens (primary N) is 3. The summed E-state index contributed by atoms with van der Waals surface area (Å²) in [7, 11) is 1.21. The molecule has 0 bridgehead atoms. The molecule has 16 nitrogen and oxygen atoms in total. The Kier molecular flexibility index (Phi) is 15.2. The number of hydrogen-bond donors (Lipinski definition) is 9. The van der Waals surface area contributed by atoms with Crippen LogP contribution in [0.5, 0.6) is 0 Å². The smallest absolute Gasteiger partial charge is 0.289 e. The molecule has 0 aliphatic heterocycles. The number of nitrogens with one attached hydrogen (secondary N) is 5. The van der Waals surface area contributed by atoms with Crippen LogP contribution in [-0.4, -0.2) is 90.8 Å². The summed E-state index contributed by atoms with van der Waals surface area (Å²) in [6.45, 7) is 1.02. The lowest BCUT2D eigenvalue weighted by Gasteiger charge is -2.24. The molecular weight excluding hydrogens is 480 g/mol. The van der Waals surface area contributed by atoms with Gasteiger partial charge < -0.3 is 48.9 Å². The maximum Gasteiger partial charge on any atom is 0.289 e. The maximum atomic E-state index is 12.5. The van der Waals surface area contributed by atoms with Crippen LogP contribution >= 0.6 is 0 Å². The Morgan fingerprint density at radius 3 is 2.06 bits per heavy atom. The molecule has 0 fully saturated rings. The fraction of sp³-hybridized carbons (Fsp3) is 0.650. The van der Waals surface area contributed by atoms with Gasteiger partial charge in [-0.1, -0.05) is 6.42 Å². The van der Waals surface area contributed by atoms with E-state index in [0.29, 0.717) is 19.4 Å². The van der Waals surface area contributed by atoms with Crippen LogP contribution < -0.4 is 43.8 Å². The van der Waals surface area contributed by atoms with E-state index in [1.165, 1.54) is 14.0 Å². The van der Waals surface area contributed by atoms with Crippen molar-refractivity contribution in [2.75, 3.05) is 20.1 Å². The van der Waals surface area contributed by atoms with Gasteiger partial charge in [0.15, 0.2) is 6.17 Å². The second-order valence-corrected chi connectivity index (χ2v) is 7.82. The predicted octanol–water partition coefficient (Wildman–Crippen LogP) is -5.44. The van der Waals surface area contributed by atoms with Gasteiger partial charge in [-0.15, -0.1) is 0 Å². The van der Waals surface area contributed by atoms with Gasteiger partial charge >= 0.3 is 0 Å². The molecule has 0 spiro atoms. The molecule has 204 valence electrons. The van der Waals surface area contributed by atoms with E-state index in [1.807, 2.05) is 0 Å². The Morgan fingerprint density at radius 2 is 1.53 bits per heavy atom. The zero-order valence-corrected chi connectivity index (χ0v) is 20.3. The van der Waals surface area contributed by atoms with Crippen LogP contribution in [0.2, 0.25) is 0 Å². The van der Waals surface area contributed by atoms with Crippen molar-refractivity contribution in [1.29, 1.82) is 0 Å². The quantitative estimate of drug-likeness (QED) is 0.0502. The first kappa shape index (κ1) is 32.4. The van der Waals surface area contributed by atoms with Crippen LogP contribution in [0.3, 0.4) is 0 Å². The van der Waals surface area contributed by atoms with E-state index < -0.39 is 78.5 Å².